The van der Waals surface area contributed by atoms with Crippen molar-refractivity contribution in [2.45, 2.75) is 25.9 Å². The highest BCUT2D eigenvalue weighted by molar-refractivity contribution is 5.64. The van der Waals surface area contributed by atoms with Crippen molar-refractivity contribution in [2.24, 2.45) is 0 Å². The van der Waals surface area contributed by atoms with E-state index in [4.69, 9.17) is 4.74 Å². The van der Waals surface area contributed by atoms with Crippen molar-refractivity contribution >= 4 is 0 Å². The first-order chi connectivity index (χ1) is 18.4. The summed E-state index contributed by atoms with van der Waals surface area (Å²) in [6.45, 7) is -0.0150. The summed E-state index contributed by atoms with van der Waals surface area (Å²) in [7, 11) is 0. The second-order valence-corrected chi connectivity index (χ2v) is 8.74. The molecule has 2 nitrogen and oxygen atoms in total. The molecule has 204 valence electrons. The van der Waals surface area contributed by atoms with E-state index in [0.29, 0.717) is 17.5 Å². The van der Waals surface area contributed by atoms with E-state index in [1.54, 1.807) is 30.3 Å². The van der Waals surface area contributed by atoms with Crippen LogP contribution in [-0.4, -0.2) is 12.7 Å². The Labute approximate surface area is 218 Å². The second-order valence-electron chi connectivity index (χ2n) is 8.74. The molecule has 0 spiro atoms. The van der Waals surface area contributed by atoms with Gasteiger partial charge in [0.15, 0.2) is 47.3 Å². The SMILES string of the molecule is Cc1ccc(CCc2ccc(-c3ccc(OCC(F)(F)Oc4cc(F)c(F)c(F)c4)c(F)c3)cc2)c(F)c1F. The highest BCUT2D eigenvalue weighted by Gasteiger charge is 2.34. The van der Waals surface area contributed by atoms with Crippen LogP contribution in [0.4, 0.5) is 35.1 Å². The molecule has 4 aromatic carbocycles. The molecule has 0 aromatic heterocycles. The van der Waals surface area contributed by atoms with Crippen LogP contribution in [-0.2, 0) is 12.8 Å². The van der Waals surface area contributed by atoms with Crippen molar-refractivity contribution in [3.8, 4) is 22.6 Å². The average molecular weight is 552 g/mol. The van der Waals surface area contributed by atoms with Crippen molar-refractivity contribution in [1.29, 1.82) is 0 Å². The maximum absolute atomic E-state index is 14.6. The lowest BCUT2D eigenvalue weighted by Crippen LogP contribution is -2.32. The summed E-state index contributed by atoms with van der Waals surface area (Å²) in [6.07, 6.45) is -3.40. The molecular weight excluding hydrogens is 532 g/mol. The van der Waals surface area contributed by atoms with Gasteiger partial charge in [-0.15, -0.1) is 0 Å². The molecule has 0 radical (unpaired) electrons. The Morgan fingerprint density at radius 3 is 1.92 bits per heavy atom. The van der Waals surface area contributed by atoms with Crippen LogP contribution in [0.3, 0.4) is 0 Å². The van der Waals surface area contributed by atoms with Gasteiger partial charge < -0.3 is 9.47 Å². The third-order valence-corrected chi connectivity index (χ3v) is 5.88. The van der Waals surface area contributed by atoms with Crippen LogP contribution in [0.15, 0.2) is 66.7 Å². The molecule has 0 aliphatic carbocycles. The molecule has 0 heterocycles. The number of aryl methyl sites for hydroxylation is 3. The van der Waals surface area contributed by atoms with Gasteiger partial charge in [0.1, 0.15) is 5.75 Å². The van der Waals surface area contributed by atoms with Crippen molar-refractivity contribution < 1.29 is 44.6 Å². The summed E-state index contributed by atoms with van der Waals surface area (Å²) in [5.41, 5.74) is 2.34. The fraction of sp³-hybridized carbons (Fsp3) is 0.172. The summed E-state index contributed by atoms with van der Waals surface area (Å²) in [4.78, 5) is 0. The zero-order valence-electron chi connectivity index (χ0n) is 20.3. The van der Waals surface area contributed by atoms with Gasteiger partial charge >= 0.3 is 6.11 Å². The monoisotopic (exact) mass is 552 g/mol. The van der Waals surface area contributed by atoms with Crippen LogP contribution in [0, 0.1) is 41.8 Å². The van der Waals surface area contributed by atoms with E-state index in [1.807, 2.05) is 0 Å². The summed E-state index contributed by atoms with van der Waals surface area (Å²) in [5.74, 6) is -9.47. The van der Waals surface area contributed by atoms with Crippen LogP contribution in [0.1, 0.15) is 16.7 Å². The Morgan fingerprint density at radius 1 is 0.641 bits per heavy atom. The van der Waals surface area contributed by atoms with Crippen molar-refractivity contribution in [3.05, 3.63) is 118 Å². The Morgan fingerprint density at radius 2 is 1.28 bits per heavy atom. The number of alkyl halides is 2. The number of halogens is 8. The third kappa shape index (κ3) is 6.68. The normalized spacial score (nSPS) is 11.5. The Hall–Kier alpha value is -4.08. The summed E-state index contributed by atoms with van der Waals surface area (Å²) in [5, 5.41) is 0. The lowest BCUT2D eigenvalue weighted by Gasteiger charge is -2.19. The highest BCUT2D eigenvalue weighted by Crippen LogP contribution is 2.29. The third-order valence-electron chi connectivity index (χ3n) is 5.88. The van der Waals surface area contributed by atoms with Gasteiger partial charge in [-0.05, 0) is 59.7 Å². The highest BCUT2D eigenvalue weighted by atomic mass is 19.3. The minimum atomic E-state index is -4.12. The molecule has 0 saturated heterocycles. The van der Waals surface area contributed by atoms with Gasteiger partial charge in [0.25, 0.3) is 0 Å². The first-order valence-corrected chi connectivity index (χ1v) is 11.6. The molecule has 0 aliphatic rings. The maximum Gasteiger partial charge on any atom is 0.433 e. The van der Waals surface area contributed by atoms with E-state index in [9.17, 15) is 35.1 Å². The molecule has 39 heavy (non-hydrogen) atoms. The zero-order valence-corrected chi connectivity index (χ0v) is 20.3. The van der Waals surface area contributed by atoms with E-state index in [-0.39, 0.29) is 29.7 Å². The molecule has 0 aliphatic heterocycles. The van der Waals surface area contributed by atoms with Crippen LogP contribution in [0.2, 0.25) is 0 Å². The average Bonchev–Trinajstić information content (AvgIpc) is 2.89. The molecule has 0 unspecified atom stereocenters. The first-order valence-electron chi connectivity index (χ1n) is 11.6. The number of benzene rings is 4. The maximum atomic E-state index is 14.6. The van der Waals surface area contributed by atoms with E-state index in [1.165, 1.54) is 19.1 Å². The predicted molar refractivity (Wildman–Crippen MR) is 128 cm³/mol. The van der Waals surface area contributed by atoms with Crippen LogP contribution >= 0.6 is 0 Å². The largest absolute Gasteiger partial charge is 0.480 e. The van der Waals surface area contributed by atoms with Gasteiger partial charge in [0.05, 0.1) is 0 Å². The van der Waals surface area contributed by atoms with Gasteiger partial charge in [-0.25, -0.2) is 26.3 Å². The molecule has 0 saturated carbocycles. The van der Waals surface area contributed by atoms with E-state index >= 15 is 0 Å². The molecule has 10 heteroatoms. The van der Waals surface area contributed by atoms with Crippen LogP contribution < -0.4 is 9.47 Å². The number of rotatable bonds is 9. The smallest absolute Gasteiger partial charge is 0.433 e. The number of hydrogen-bond donors (Lipinski definition) is 0. The molecule has 0 amide bonds. The summed E-state index contributed by atoms with van der Waals surface area (Å²) < 4.78 is 119. The topological polar surface area (TPSA) is 18.5 Å². The minimum absolute atomic E-state index is 0.227. The lowest BCUT2D eigenvalue weighted by molar-refractivity contribution is -0.196. The fourth-order valence-electron chi connectivity index (χ4n) is 3.77. The first kappa shape index (κ1) is 27.9. The standard InChI is InChI=1S/C29H20F8O2/c1-16-2-6-19(27(34)26(16)33)9-5-17-3-7-18(8-4-17)20-10-11-25(22(30)12-20)38-15-29(36,37)39-21-13-23(31)28(35)24(32)14-21/h2-4,6-8,10-14H,5,9,15H2,1H3. The predicted octanol–water partition coefficient (Wildman–Crippen LogP) is 8.33. The molecular formula is C29H20F8O2. The summed E-state index contributed by atoms with van der Waals surface area (Å²) in [6, 6.07) is 14.1. The Balaban J connectivity index is 1.37. The fourth-order valence-corrected chi connectivity index (χ4v) is 3.77. The van der Waals surface area contributed by atoms with Gasteiger partial charge in [0, 0.05) is 12.1 Å². The number of hydrogen-bond acceptors (Lipinski definition) is 2. The molecule has 0 bridgehead atoms. The second kappa shape index (κ2) is 11.3. The molecule has 0 atom stereocenters. The number of ether oxygens (including phenoxy) is 2. The molecule has 4 aromatic rings. The molecule has 0 N–H and O–H groups in total. The summed E-state index contributed by atoms with van der Waals surface area (Å²) >= 11 is 0. The van der Waals surface area contributed by atoms with Crippen LogP contribution in [0.5, 0.6) is 11.5 Å². The quantitative estimate of drug-likeness (QED) is 0.154. The van der Waals surface area contributed by atoms with E-state index in [0.717, 1.165) is 17.7 Å². The van der Waals surface area contributed by atoms with Crippen molar-refractivity contribution in [2.75, 3.05) is 6.61 Å². The van der Waals surface area contributed by atoms with Crippen LogP contribution in [0.25, 0.3) is 11.1 Å². The van der Waals surface area contributed by atoms with E-state index in [2.05, 4.69) is 4.74 Å². The molecule has 0 fully saturated rings. The lowest BCUT2D eigenvalue weighted by atomic mass is 9.99. The van der Waals surface area contributed by atoms with Crippen molar-refractivity contribution in [1.82, 2.24) is 0 Å². The van der Waals surface area contributed by atoms with E-state index < -0.39 is 59.1 Å². The Kier molecular flexibility index (Phi) is 8.13. The van der Waals surface area contributed by atoms with Gasteiger partial charge in [-0.3, -0.25) is 0 Å². The zero-order chi connectivity index (χ0) is 28.3. The van der Waals surface area contributed by atoms with Gasteiger partial charge in [-0.2, -0.15) is 8.78 Å². The van der Waals surface area contributed by atoms with Crippen molar-refractivity contribution in [3.63, 3.8) is 0 Å². The minimum Gasteiger partial charge on any atom is -0.480 e. The molecule has 4 rings (SSSR count). The van der Waals surface area contributed by atoms with Gasteiger partial charge in [-0.1, -0.05) is 42.5 Å². The van der Waals surface area contributed by atoms with Gasteiger partial charge in [0.2, 0.25) is 0 Å². The Bertz CT molecular complexity index is 1460.